The Morgan fingerprint density at radius 3 is 1.54 bits per heavy atom. The number of ether oxygens (including phenoxy) is 1. The van der Waals surface area contributed by atoms with Crippen LogP contribution in [0, 0.1) is 0 Å². The summed E-state index contributed by atoms with van der Waals surface area (Å²) < 4.78 is 4.86. The summed E-state index contributed by atoms with van der Waals surface area (Å²) in [6.45, 7) is 1.79. The Morgan fingerprint density at radius 2 is 1.15 bits per heavy atom. The van der Waals surface area contributed by atoms with Gasteiger partial charge in [0.1, 0.15) is 12.7 Å². The van der Waals surface area contributed by atoms with Crippen molar-refractivity contribution in [1.82, 2.24) is 0 Å². The molecule has 0 saturated heterocycles. The van der Waals surface area contributed by atoms with Crippen molar-refractivity contribution in [3.63, 3.8) is 0 Å². The second-order valence-electron chi connectivity index (χ2n) is 7.22. The van der Waals surface area contributed by atoms with Gasteiger partial charge in [0.2, 0.25) is 0 Å². The third kappa shape index (κ3) is 22.4. The number of carbonyl (C=O) groups excluding carboxylic acids is 1. The number of unbranched alkanes of at least 4 members (excludes halogenated alkanes) is 14. The fourth-order valence-corrected chi connectivity index (χ4v) is 2.95. The number of esters is 1. The molecule has 2 N–H and O–H groups in total. The summed E-state index contributed by atoms with van der Waals surface area (Å²) >= 11 is 0. The molecular weight excluding hydrogens is 339 g/mol. The molecule has 0 bridgehead atoms. The van der Waals surface area contributed by atoms with E-state index in [1.807, 2.05) is 0 Å². The van der Waals surface area contributed by atoms with Crippen LogP contribution in [-0.4, -0.2) is 65.1 Å². The molecule has 0 aromatic heterocycles. The molecule has 0 aromatic carbocycles. The van der Waals surface area contributed by atoms with Gasteiger partial charge in [0.15, 0.2) is 0 Å². The summed E-state index contributed by atoms with van der Waals surface area (Å²) in [6.07, 6.45) is 19.0. The first-order valence-corrected chi connectivity index (χ1v) is 10.6. The molecule has 0 rings (SSSR count). The fourth-order valence-electron chi connectivity index (χ4n) is 2.95. The van der Waals surface area contributed by atoms with Crippen LogP contribution in [0.2, 0.25) is 0 Å². The van der Waals surface area contributed by atoms with Crippen LogP contribution < -0.4 is 0 Å². The molecular formula is C21H43NaO4. The van der Waals surface area contributed by atoms with Crippen LogP contribution in [0.4, 0.5) is 0 Å². The van der Waals surface area contributed by atoms with Crippen LogP contribution in [0.25, 0.3) is 0 Å². The van der Waals surface area contributed by atoms with E-state index in [4.69, 9.17) is 14.9 Å². The van der Waals surface area contributed by atoms with E-state index >= 15 is 0 Å². The molecule has 0 heterocycles. The van der Waals surface area contributed by atoms with Gasteiger partial charge >= 0.3 is 35.5 Å². The van der Waals surface area contributed by atoms with Crippen molar-refractivity contribution < 1.29 is 19.7 Å². The third-order valence-electron chi connectivity index (χ3n) is 4.63. The van der Waals surface area contributed by atoms with E-state index in [2.05, 4.69) is 6.92 Å². The predicted molar refractivity (Wildman–Crippen MR) is 111 cm³/mol. The zero-order chi connectivity index (χ0) is 18.6. The van der Waals surface area contributed by atoms with Crippen LogP contribution in [0.1, 0.15) is 110 Å². The average Bonchev–Trinajstić information content (AvgIpc) is 2.62. The molecule has 0 saturated carbocycles. The number of aliphatic hydroxyl groups is 2. The van der Waals surface area contributed by atoms with E-state index in [1.54, 1.807) is 0 Å². The second kappa shape index (κ2) is 23.4. The maximum atomic E-state index is 11.4. The van der Waals surface area contributed by atoms with Crippen LogP contribution >= 0.6 is 0 Å². The number of hydrogen-bond donors (Lipinski definition) is 2. The van der Waals surface area contributed by atoms with E-state index in [1.165, 1.54) is 83.5 Å². The van der Waals surface area contributed by atoms with Crippen molar-refractivity contribution in [2.24, 2.45) is 0 Å². The number of carbonyl (C=O) groups is 1. The van der Waals surface area contributed by atoms with Gasteiger partial charge in [0.05, 0.1) is 6.61 Å². The molecule has 1 atom stereocenters. The van der Waals surface area contributed by atoms with Crippen LogP contribution in [0.3, 0.4) is 0 Å². The first kappa shape index (κ1) is 28.6. The molecule has 0 aromatic rings. The van der Waals surface area contributed by atoms with Gasteiger partial charge in [-0.25, -0.2) is 0 Å². The Bertz CT molecular complexity index is 287. The van der Waals surface area contributed by atoms with Crippen molar-refractivity contribution >= 4 is 35.5 Å². The summed E-state index contributed by atoms with van der Waals surface area (Å²) in [6, 6.07) is 0. The topological polar surface area (TPSA) is 66.8 Å². The molecule has 1 unspecified atom stereocenters. The van der Waals surface area contributed by atoms with Crippen molar-refractivity contribution in [3.8, 4) is 0 Å². The minimum atomic E-state index is -0.954. The number of aliphatic hydroxyl groups excluding tert-OH is 2. The molecule has 0 spiro atoms. The Labute approximate surface area is 183 Å². The minimum absolute atomic E-state index is 0. The maximum absolute atomic E-state index is 11.4. The van der Waals surface area contributed by atoms with Crippen LogP contribution in [-0.2, 0) is 9.53 Å². The normalized spacial score (nSPS) is 11.8. The Balaban J connectivity index is 0. The van der Waals surface area contributed by atoms with Gasteiger partial charge in [-0.05, 0) is 6.42 Å². The third-order valence-corrected chi connectivity index (χ3v) is 4.63. The molecule has 26 heavy (non-hydrogen) atoms. The van der Waals surface area contributed by atoms with Crippen molar-refractivity contribution in [1.29, 1.82) is 0 Å². The van der Waals surface area contributed by atoms with E-state index in [-0.39, 0.29) is 48.7 Å². The second-order valence-corrected chi connectivity index (χ2v) is 7.22. The van der Waals surface area contributed by atoms with E-state index in [0.717, 1.165) is 12.8 Å². The molecule has 4 nitrogen and oxygen atoms in total. The zero-order valence-electron chi connectivity index (χ0n) is 16.5. The number of hydrogen-bond acceptors (Lipinski definition) is 4. The Hall–Kier alpha value is 0.390. The van der Waals surface area contributed by atoms with Crippen LogP contribution in [0.15, 0.2) is 0 Å². The molecule has 152 valence electrons. The van der Waals surface area contributed by atoms with Gasteiger partial charge < -0.3 is 14.9 Å². The summed E-state index contributed by atoms with van der Waals surface area (Å²) in [5.74, 6) is -0.276. The predicted octanol–water partition coefficient (Wildman–Crippen LogP) is 4.50. The molecule has 0 fully saturated rings. The first-order valence-electron chi connectivity index (χ1n) is 10.6. The molecule has 0 radical (unpaired) electrons. The van der Waals surface area contributed by atoms with Crippen molar-refractivity contribution in [2.75, 3.05) is 13.2 Å². The standard InChI is InChI=1S/C21H42O4.Na.H/c1-2-3-4-5-6-7-8-9-10-11-12-13-14-15-16-17-21(24)25-19-20(23)18-22;;/h20,22-23H,2-19H2,1H3;;. The quantitative estimate of drug-likeness (QED) is 0.196. The van der Waals surface area contributed by atoms with Crippen LogP contribution in [0.5, 0.6) is 0 Å². The van der Waals surface area contributed by atoms with Gasteiger partial charge in [0.25, 0.3) is 0 Å². The van der Waals surface area contributed by atoms with Gasteiger partial charge in [-0.2, -0.15) is 0 Å². The van der Waals surface area contributed by atoms with Crippen molar-refractivity contribution in [3.05, 3.63) is 0 Å². The Morgan fingerprint density at radius 1 is 0.769 bits per heavy atom. The fraction of sp³-hybridized carbons (Fsp3) is 0.952. The average molecular weight is 383 g/mol. The molecule has 5 heteroatoms. The van der Waals surface area contributed by atoms with Crippen molar-refractivity contribution in [2.45, 2.75) is 116 Å². The molecule has 0 aliphatic carbocycles. The monoisotopic (exact) mass is 382 g/mol. The van der Waals surface area contributed by atoms with E-state index < -0.39 is 6.10 Å². The van der Waals surface area contributed by atoms with E-state index in [0.29, 0.717) is 6.42 Å². The van der Waals surface area contributed by atoms with Gasteiger partial charge in [0, 0.05) is 6.42 Å². The molecule has 0 amide bonds. The summed E-state index contributed by atoms with van der Waals surface area (Å²) in [5, 5.41) is 17.7. The van der Waals surface area contributed by atoms with Gasteiger partial charge in [-0.3, -0.25) is 4.79 Å². The SMILES string of the molecule is CCCCCCCCCCCCCCCCCC(=O)OCC(O)CO.[NaH]. The molecule has 0 aliphatic rings. The first-order chi connectivity index (χ1) is 12.2. The van der Waals surface area contributed by atoms with E-state index in [9.17, 15) is 4.79 Å². The summed E-state index contributed by atoms with van der Waals surface area (Å²) in [5.41, 5.74) is 0. The summed E-state index contributed by atoms with van der Waals surface area (Å²) in [4.78, 5) is 11.4. The van der Waals surface area contributed by atoms with Gasteiger partial charge in [-0.1, -0.05) is 96.8 Å². The number of rotatable bonds is 19. The molecule has 0 aliphatic heterocycles. The Kier molecular flexibility index (Phi) is 25.8. The van der Waals surface area contributed by atoms with Gasteiger partial charge in [-0.15, -0.1) is 0 Å². The summed E-state index contributed by atoms with van der Waals surface area (Å²) in [7, 11) is 0. The zero-order valence-corrected chi connectivity index (χ0v) is 16.5.